The first-order chi connectivity index (χ1) is 8.90. The highest BCUT2D eigenvalue weighted by molar-refractivity contribution is 7.94. The van der Waals surface area contributed by atoms with Crippen LogP contribution in [-0.4, -0.2) is 19.5 Å². The summed E-state index contributed by atoms with van der Waals surface area (Å²) < 4.78 is 26.7. The number of aromatic carboxylic acids is 1. The summed E-state index contributed by atoms with van der Waals surface area (Å²) in [5, 5.41) is 10.6. The van der Waals surface area contributed by atoms with E-state index in [1.54, 1.807) is 24.4 Å². The van der Waals surface area contributed by atoms with Crippen molar-refractivity contribution in [3.63, 3.8) is 0 Å². The average molecular weight is 297 g/mol. The number of anilines is 1. The van der Waals surface area contributed by atoms with E-state index >= 15 is 0 Å². The summed E-state index contributed by atoms with van der Waals surface area (Å²) in [6.07, 6.45) is 0. The van der Waals surface area contributed by atoms with E-state index in [1.807, 2.05) is 0 Å². The molecule has 0 radical (unpaired) electrons. The monoisotopic (exact) mass is 297 g/mol. The molecule has 7 heteroatoms. The molecule has 19 heavy (non-hydrogen) atoms. The minimum Gasteiger partial charge on any atom is -0.478 e. The van der Waals surface area contributed by atoms with Gasteiger partial charge in [0.1, 0.15) is 4.21 Å². The van der Waals surface area contributed by atoms with Gasteiger partial charge in [-0.1, -0.05) is 12.1 Å². The number of benzene rings is 1. The van der Waals surface area contributed by atoms with Crippen LogP contribution in [0.1, 0.15) is 15.9 Å². The Morgan fingerprint density at radius 1 is 1.32 bits per heavy atom. The van der Waals surface area contributed by atoms with E-state index in [0.717, 1.165) is 11.3 Å². The Kier molecular flexibility index (Phi) is 3.59. The second-order valence-corrected chi connectivity index (χ2v) is 6.73. The number of sulfonamides is 1. The lowest BCUT2D eigenvalue weighted by Gasteiger charge is -2.10. The average Bonchev–Trinajstić information content (AvgIpc) is 2.85. The highest BCUT2D eigenvalue weighted by Crippen LogP contribution is 2.23. The highest BCUT2D eigenvalue weighted by Gasteiger charge is 2.17. The number of thiophene rings is 1. The molecule has 0 bridgehead atoms. The molecule has 0 aliphatic carbocycles. The van der Waals surface area contributed by atoms with Crippen molar-refractivity contribution in [3.8, 4) is 0 Å². The summed E-state index contributed by atoms with van der Waals surface area (Å²) in [5.74, 6) is -1.10. The molecule has 0 fully saturated rings. The molecule has 0 saturated carbocycles. The fourth-order valence-corrected chi connectivity index (χ4v) is 3.59. The lowest BCUT2D eigenvalue weighted by Crippen LogP contribution is -2.13. The minimum atomic E-state index is -3.66. The number of carboxylic acid groups (broad SMARTS) is 1. The van der Waals surface area contributed by atoms with Gasteiger partial charge in [-0.3, -0.25) is 4.72 Å². The van der Waals surface area contributed by atoms with Gasteiger partial charge in [-0.25, -0.2) is 13.2 Å². The normalized spacial score (nSPS) is 11.2. The molecule has 1 aromatic carbocycles. The van der Waals surface area contributed by atoms with Gasteiger partial charge in [0.15, 0.2) is 0 Å². The van der Waals surface area contributed by atoms with E-state index in [9.17, 15) is 13.2 Å². The zero-order valence-corrected chi connectivity index (χ0v) is 11.6. The molecule has 0 aliphatic heterocycles. The molecule has 0 atom stereocenters. The largest absolute Gasteiger partial charge is 0.478 e. The molecule has 0 unspecified atom stereocenters. The second kappa shape index (κ2) is 5.02. The molecule has 0 amide bonds. The third-order valence-corrected chi connectivity index (χ3v) is 5.25. The van der Waals surface area contributed by atoms with Crippen LogP contribution in [0, 0.1) is 6.92 Å². The van der Waals surface area contributed by atoms with E-state index in [1.165, 1.54) is 18.2 Å². The van der Waals surface area contributed by atoms with Gasteiger partial charge in [0.05, 0.1) is 11.3 Å². The van der Waals surface area contributed by atoms with E-state index in [2.05, 4.69) is 4.72 Å². The molecular formula is C12H11NO4S2. The van der Waals surface area contributed by atoms with Crippen molar-refractivity contribution >= 4 is 33.0 Å². The molecule has 0 saturated heterocycles. The van der Waals surface area contributed by atoms with Crippen LogP contribution in [-0.2, 0) is 10.0 Å². The van der Waals surface area contributed by atoms with Crippen LogP contribution in [0.15, 0.2) is 39.9 Å². The Hall–Kier alpha value is -1.86. The third kappa shape index (κ3) is 2.94. The van der Waals surface area contributed by atoms with E-state index in [0.29, 0.717) is 5.56 Å². The molecule has 2 rings (SSSR count). The smallest absolute Gasteiger partial charge is 0.335 e. The number of carbonyl (C=O) groups is 1. The van der Waals surface area contributed by atoms with Crippen molar-refractivity contribution in [3.05, 3.63) is 46.8 Å². The van der Waals surface area contributed by atoms with Crippen molar-refractivity contribution in [1.29, 1.82) is 0 Å². The number of carboxylic acids is 1. The van der Waals surface area contributed by atoms with Crippen LogP contribution in [0.5, 0.6) is 0 Å². The second-order valence-electron chi connectivity index (χ2n) is 3.87. The van der Waals surface area contributed by atoms with E-state index in [-0.39, 0.29) is 15.5 Å². The zero-order chi connectivity index (χ0) is 14.0. The van der Waals surface area contributed by atoms with Crippen LogP contribution < -0.4 is 4.72 Å². The van der Waals surface area contributed by atoms with Crippen molar-refractivity contribution in [2.75, 3.05) is 4.72 Å². The van der Waals surface area contributed by atoms with Crippen LogP contribution in [0.25, 0.3) is 0 Å². The Bertz CT molecular complexity index is 705. The van der Waals surface area contributed by atoms with Crippen molar-refractivity contribution in [2.45, 2.75) is 11.1 Å². The highest BCUT2D eigenvalue weighted by atomic mass is 32.2. The van der Waals surface area contributed by atoms with E-state index < -0.39 is 16.0 Å². The van der Waals surface area contributed by atoms with Gasteiger partial charge < -0.3 is 5.11 Å². The summed E-state index contributed by atoms with van der Waals surface area (Å²) in [6.45, 7) is 1.71. The van der Waals surface area contributed by atoms with Crippen LogP contribution in [0.3, 0.4) is 0 Å². The maximum Gasteiger partial charge on any atom is 0.335 e. The van der Waals surface area contributed by atoms with Gasteiger partial charge in [0, 0.05) is 0 Å². The third-order valence-electron chi connectivity index (χ3n) is 2.49. The molecule has 100 valence electrons. The van der Waals surface area contributed by atoms with Gasteiger partial charge in [-0.15, -0.1) is 11.3 Å². The summed E-state index contributed by atoms with van der Waals surface area (Å²) in [5.41, 5.74) is 0.966. The number of hydrogen-bond donors (Lipinski definition) is 2. The van der Waals surface area contributed by atoms with Crippen LogP contribution >= 0.6 is 11.3 Å². The Morgan fingerprint density at radius 3 is 2.63 bits per heavy atom. The van der Waals surface area contributed by atoms with Crippen LogP contribution in [0.4, 0.5) is 5.69 Å². The molecule has 0 spiro atoms. The molecule has 2 N–H and O–H groups in total. The summed E-state index contributed by atoms with van der Waals surface area (Å²) in [6, 6.07) is 7.43. The predicted molar refractivity (Wildman–Crippen MR) is 73.3 cm³/mol. The standard InChI is InChI=1S/C12H11NO4S2/c1-8-4-5-9(12(14)15)7-10(8)13-19(16,17)11-3-2-6-18-11/h2-7,13H,1H3,(H,14,15). The number of aryl methyl sites for hydroxylation is 1. The van der Waals surface area contributed by atoms with Crippen LogP contribution in [0.2, 0.25) is 0 Å². The van der Waals surface area contributed by atoms with Crippen molar-refractivity contribution < 1.29 is 18.3 Å². The SMILES string of the molecule is Cc1ccc(C(=O)O)cc1NS(=O)(=O)c1cccs1. The fraction of sp³-hybridized carbons (Fsp3) is 0.0833. The van der Waals surface area contributed by atoms with Gasteiger partial charge in [0.2, 0.25) is 0 Å². The molecule has 2 aromatic rings. The Labute approximate surface area is 114 Å². The first-order valence-electron chi connectivity index (χ1n) is 5.30. The Balaban J connectivity index is 2.39. The van der Waals surface area contributed by atoms with Gasteiger partial charge in [-0.2, -0.15) is 0 Å². The molecule has 1 aromatic heterocycles. The van der Waals surface area contributed by atoms with Gasteiger partial charge in [-0.05, 0) is 36.1 Å². The summed E-state index contributed by atoms with van der Waals surface area (Å²) >= 11 is 1.10. The topological polar surface area (TPSA) is 83.5 Å². The minimum absolute atomic E-state index is 0.0366. The lowest BCUT2D eigenvalue weighted by atomic mass is 10.1. The Morgan fingerprint density at radius 2 is 2.05 bits per heavy atom. The maximum atomic E-state index is 12.0. The molecular weight excluding hydrogens is 286 g/mol. The quantitative estimate of drug-likeness (QED) is 0.908. The van der Waals surface area contributed by atoms with E-state index in [4.69, 9.17) is 5.11 Å². The zero-order valence-electron chi connectivity index (χ0n) is 9.95. The number of nitrogens with one attached hydrogen (secondary N) is 1. The molecule has 1 heterocycles. The first-order valence-corrected chi connectivity index (χ1v) is 7.67. The molecule has 5 nitrogen and oxygen atoms in total. The molecule has 0 aliphatic rings. The maximum absolute atomic E-state index is 12.0. The van der Waals surface area contributed by atoms with Gasteiger partial charge >= 0.3 is 5.97 Å². The van der Waals surface area contributed by atoms with Crippen molar-refractivity contribution in [1.82, 2.24) is 0 Å². The van der Waals surface area contributed by atoms with Crippen molar-refractivity contribution in [2.24, 2.45) is 0 Å². The number of hydrogen-bond acceptors (Lipinski definition) is 4. The summed E-state index contributed by atoms with van der Waals surface area (Å²) in [7, 11) is -3.66. The predicted octanol–water partition coefficient (Wildman–Crippen LogP) is 2.56. The lowest BCUT2D eigenvalue weighted by molar-refractivity contribution is 0.0697. The fourth-order valence-electron chi connectivity index (χ4n) is 1.48. The number of rotatable bonds is 4. The first kappa shape index (κ1) is 13.6. The summed E-state index contributed by atoms with van der Waals surface area (Å²) in [4.78, 5) is 10.9. The van der Waals surface area contributed by atoms with Gasteiger partial charge in [0.25, 0.3) is 10.0 Å².